The van der Waals surface area contributed by atoms with E-state index < -0.39 is 11.8 Å². The van der Waals surface area contributed by atoms with Crippen molar-refractivity contribution in [2.24, 2.45) is 0 Å². The number of anilines is 2. The van der Waals surface area contributed by atoms with E-state index in [-0.39, 0.29) is 23.1 Å². The Morgan fingerprint density at radius 3 is 2.55 bits per heavy atom. The van der Waals surface area contributed by atoms with E-state index in [4.69, 9.17) is 16.3 Å². The van der Waals surface area contributed by atoms with Gasteiger partial charge in [-0.25, -0.2) is 14.2 Å². The van der Waals surface area contributed by atoms with Gasteiger partial charge in [-0.2, -0.15) is 0 Å². The number of rotatable bonds is 6. The van der Waals surface area contributed by atoms with Crippen molar-refractivity contribution < 1.29 is 18.7 Å². The second kappa shape index (κ2) is 9.15. The maximum Gasteiger partial charge on any atom is 0.343 e. The van der Waals surface area contributed by atoms with Crippen LogP contribution < -0.4 is 4.90 Å². The highest BCUT2D eigenvalue weighted by atomic mass is 35.5. The van der Waals surface area contributed by atoms with Gasteiger partial charge in [-0.05, 0) is 36.2 Å². The van der Waals surface area contributed by atoms with Crippen molar-refractivity contribution in [3.8, 4) is 0 Å². The van der Waals surface area contributed by atoms with Crippen LogP contribution in [0.2, 0.25) is 5.02 Å². The first-order valence-electron chi connectivity index (χ1n) is 8.86. The van der Waals surface area contributed by atoms with Crippen molar-refractivity contribution in [2.75, 3.05) is 4.90 Å². The largest absolute Gasteiger partial charge is 0.455 e. The predicted octanol–water partition coefficient (Wildman–Crippen LogP) is 5.54. The average molecular weight is 433 g/mol. The second-order valence-electron chi connectivity index (χ2n) is 6.17. The fourth-order valence-electron chi connectivity index (χ4n) is 2.68. The molecule has 29 heavy (non-hydrogen) atoms. The lowest BCUT2D eigenvalue weighted by Crippen LogP contribution is -2.22. The molecule has 3 rings (SSSR count). The fraction of sp³-hybridized carbons (Fsp3) is 0.190. The van der Waals surface area contributed by atoms with Gasteiger partial charge in [0, 0.05) is 12.3 Å². The van der Waals surface area contributed by atoms with Crippen LogP contribution >= 0.6 is 22.9 Å². The van der Waals surface area contributed by atoms with Gasteiger partial charge >= 0.3 is 5.97 Å². The molecule has 0 aliphatic heterocycles. The highest BCUT2D eigenvalue weighted by Gasteiger charge is 2.20. The van der Waals surface area contributed by atoms with Crippen LogP contribution in [0.25, 0.3) is 0 Å². The van der Waals surface area contributed by atoms with Crippen molar-refractivity contribution >= 4 is 45.6 Å². The third kappa shape index (κ3) is 4.81. The number of halogens is 2. The van der Waals surface area contributed by atoms with E-state index in [1.165, 1.54) is 35.3 Å². The molecule has 0 unspecified atom stereocenters. The zero-order chi connectivity index (χ0) is 21.0. The Morgan fingerprint density at radius 1 is 1.21 bits per heavy atom. The lowest BCUT2D eigenvalue weighted by atomic mass is 10.1. The number of aromatic nitrogens is 1. The number of amides is 1. The molecule has 5 nitrogen and oxygen atoms in total. The van der Waals surface area contributed by atoms with E-state index in [1.54, 1.807) is 5.38 Å². The molecule has 0 atom stereocenters. The summed E-state index contributed by atoms with van der Waals surface area (Å²) < 4.78 is 19.0. The molecule has 0 spiro atoms. The van der Waals surface area contributed by atoms with Crippen LogP contribution in [0.3, 0.4) is 0 Å². The first-order chi connectivity index (χ1) is 13.9. The molecule has 1 aromatic heterocycles. The van der Waals surface area contributed by atoms with Gasteiger partial charge in [-0.1, -0.05) is 36.7 Å². The van der Waals surface area contributed by atoms with Crippen molar-refractivity contribution in [3.63, 3.8) is 0 Å². The number of carbonyl (C=O) groups excluding carboxylic acids is 2. The maximum atomic E-state index is 13.8. The van der Waals surface area contributed by atoms with Crippen molar-refractivity contribution in [2.45, 2.75) is 26.9 Å². The number of nitrogens with zero attached hydrogens (tertiary/aromatic N) is 2. The normalized spacial score (nSPS) is 10.6. The molecule has 0 saturated carbocycles. The Hall–Kier alpha value is -2.77. The monoisotopic (exact) mass is 432 g/mol. The average Bonchev–Trinajstić information content (AvgIpc) is 3.15. The van der Waals surface area contributed by atoms with Crippen molar-refractivity contribution in [1.29, 1.82) is 0 Å². The summed E-state index contributed by atoms with van der Waals surface area (Å²) in [5.74, 6) is -1.81. The molecule has 0 bridgehead atoms. The maximum absolute atomic E-state index is 13.8. The summed E-state index contributed by atoms with van der Waals surface area (Å²) in [6.07, 6.45) is 0.902. The Kier molecular flexibility index (Phi) is 6.61. The summed E-state index contributed by atoms with van der Waals surface area (Å²) in [7, 11) is 0. The van der Waals surface area contributed by atoms with E-state index in [1.807, 2.05) is 24.3 Å². The van der Waals surface area contributed by atoms with Gasteiger partial charge in [-0.15, -0.1) is 11.3 Å². The minimum atomic E-state index is -0.874. The van der Waals surface area contributed by atoms with E-state index in [0.717, 1.165) is 18.1 Å². The molecule has 0 radical (unpaired) electrons. The summed E-state index contributed by atoms with van der Waals surface area (Å²) in [6, 6.07) is 11.6. The molecule has 150 valence electrons. The van der Waals surface area contributed by atoms with E-state index in [9.17, 15) is 14.0 Å². The highest BCUT2D eigenvalue weighted by Crippen LogP contribution is 2.29. The van der Waals surface area contributed by atoms with Crippen LogP contribution in [0.4, 0.5) is 15.2 Å². The summed E-state index contributed by atoms with van der Waals surface area (Å²) in [5, 5.41) is 2.12. The predicted molar refractivity (Wildman–Crippen MR) is 111 cm³/mol. The first kappa shape index (κ1) is 21.0. The summed E-state index contributed by atoms with van der Waals surface area (Å²) in [5.41, 5.74) is 2.00. The zero-order valence-electron chi connectivity index (χ0n) is 15.8. The number of thiazole rings is 1. The van der Waals surface area contributed by atoms with Crippen LogP contribution in [0.1, 0.15) is 35.5 Å². The summed E-state index contributed by atoms with van der Waals surface area (Å²) in [6.45, 7) is 3.34. The molecule has 2 aromatic carbocycles. The van der Waals surface area contributed by atoms with Gasteiger partial charge in [0.05, 0.1) is 16.4 Å². The summed E-state index contributed by atoms with van der Waals surface area (Å²) in [4.78, 5) is 30.2. The molecular weight excluding hydrogens is 415 g/mol. The van der Waals surface area contributed by atoms with Gasteiger partial charge in [0.1, 0.15) is 18.0 Å². The SMILES string of the molecule is CCc1ccc(N(C(C)=O)c2nc(COC(=O)c3c(F)cccc3Cl)cs2)cc1. The molecule has 1 amide bonds. The van der Waals surface area contributed by atoms with E-state index >= 15 is 0 Å². The van der Waals surface area contributed by atoms with Gasteiger partial charge in [0.2, 0.25) is 5.91 Å². The third-order valence-electron chi connectivity index (χ3n) is 4.17. The number of hydrogen-bond donors (Lipinski definition) is 0. The van der Waals surface area contributed by atoms with Crippen LogP contribution in [-0.4, -0.2) is 16.9 Å². The smallest absolute Gasteiger partial charge is 0.343 e. The second-order valence-corrected chi connectivity index (χ2v) is 7.41. The molecule has 0 N–H and O–H groups in total. The van der Waals surface area contributed by atoms with Crippen LogP contribution in [0, 0.1) is 5.82 Å². The van der Waals surface area contributed by atoms with E-state index in [0.29, 0.717) is 16.5 Å². The Balaban J connectivity index is 1.74. The standard InChI is InChI=1S/C21H18ClFN2O3S/c1-3-14-7-9-16(10-8-14)25(13(2)26)21-24-15(12-29-21)11-28-20(27)19-17(22)5-4-6-18(19)23/h4-10,12H,3,11H2,1-2H3. The number of esters is 1. The lowest BCUT2D eigenvalue weighted by Gasteiger charge is -2.18. The minimum Gasteiger partial charge on any atom is -0.455 e. The fourth-order valence-corrected chi connectivity index (χ4v) is 3.79. The number of aryl methyl sites for hydroxylation is 1. The Bertz CT molecular complexity index is 1020. The molecule has 0 aliphatic carbocycles. The molecule has 3 aromatic rings. The zero-order valence-corrected chi connectivity index (χ0v) is 17.4. The van der Waals surface area contributed by atoms with Crippen molar-refractivity contribution in [1.82, 2.24) is 4.98 Å². The molecule has 0 aliphatic rings. The van der Waals surface area contributed by atoms with Crippen LogP contribution in [-0.2, 0) is 22.6 Å². The molecular formula is C21H18ClFN2O3S. The minimum absolute atomic E-state index is 0.0211. The van der Waals surface area contributed by atoms with Gasteiger partial charge in [-0.3, -0.25) is 9.69 Å². The molecule has 0 fully saturated rings. The van der Waals surface area contributed by atoms with Gasteiger partial charge in [0.15, 0.2) is 5.13 Å². The lowest BCUT2D eigenvalue weighted by molar-refractivity contribution is -0.115. The third-order valence-corrected chi connectivity index (χ3v) is 5.36. The Morgan fingerprint density at radius 2 is 1.93 bits per heavy atom. The van der Waals surface area contributed by atoms with Crippen LogP contribution in [0.15, 0.2) is 47.8 Å². The number of hydrogen-bond acceptors (Lipinski definition) is 5. The number of carbonyl (C=O) groups is 2. The Labute approximate surface area is 176 Å². The van der Waals surface area contributed by atoms with E-state index in [2.05, 4.69) is 11.9 Å². The summed E-state index contributed by atoms with van der Waals surface area (Å²) >= 11 is 7.12. The molecule has 8 heteroatoms. The van der Waals surface area contributed by atoms with Gasteiger partial charge in [0.25, 0.3) is 0 Å². The van der Waals surface area contributed by atoms with Gasteiger partial charge < -0.3 is 4.74 Å². The molecule has 0 saturated heterocycles. The number of ether oxygens (including phenoxy) is 1. The topological polar surface area (TPSA) is 59.5 Å². The first-order valence-corrected chi connectivity index (χ1v) is 10.1. The van der Waals surface area contributed by atoms with Crippen LogP contribution in [0.5, 0.6) is 0 Å². The van der Waals surface area contributed by atoms with Crippen molar-refractivity contribution in [3.05, 3.63) is 75.5 Å². The number of benzene rings is 2. The quantitative estimate of drug-likeness (QED) is 0.480. The molecule has 1 heterocycles. The highest BCUT2D eigenvalue weighted by molar-refractivity contribution is 7.14.